The molecule has 1 aromatic heterocycles. The number of nitrogens with one attached hydrogen (secondary N) is 1. The SMILES string of the molecule is CN1CCN(C(=O)c2cc3cc(Cl)ccc3[nH]2)CC1.O=C(O)C=CC(=O)O. The van der Waals surface area contributed by atoms with Crippen molar-refractivity contribution in [3.8, 4) is 0 Å². The Labute approximate surface area is 160 Å². The zero-order valence-corrected chi connectivity index (χ0v) is 15.4. The van der Waals surface area contributed by atoms with Crippen LogP contribution in [0.4, 0.5) is 0 Å². The number of amides is 1. The number of aliphatic carboxylic acids is 2. The maximum atomic E-state index is 12.4. The smallest absolute Gasteiger partial charge is 0.328 e. The van der Waals surface area contributed by atoms with Crippen LogP contribution in [0.25, 0.3) is 10.9 Å². The summed E-state index contributed by atoms with van der Waals surface area (Å²) in [6.45, 7) is 3.42. The number of hydrogen-bond donors (Lipinski definition) is 3. The molecule has 0 radical (unpaired) electrons. The van der Waals surface area contributed by atoms with Crippen molar-refractivity contribution in [1.29, 1.82) is 0 Å². The van der Waals surface area contributed by atoms with Crippen molar-refractivity contribution in [2.24, 2.45) is 0 Å². The van der Waals surface area contributed by atoms with E-state index in [1.807, 2.05) is 29.2 Å². The lowest BCUT2D eigenvalue weighted by molar-refractivity contribution is -0.134. The van der Waals surface area contributed by atoms with E-state index in [9.17, 15) is 14.4 Å². The number of nitrogens with zero attached hydrogens (tertiary/aromatic N) is 2. The molecule has 0 bridgehead atoms. The second-order valence-electron chi connectivity index (χ2n) is 6.02. The number of carbonyl (C=O) groups excluding carboxylic acids is 1. The molecule has 2 heterocycles. The highest BCUT2D eigenvalue weighted by Gasteiger charge is 2.21. The van der Waals surface area contributed by atoms with E-state index in [-0.39, 0.29) is 5.91 Å². The first-order valence-corrected chi connectivity index (χ1v) is 8.54. The first-order chi connectivity index (χ1) is 12.8. The van der Waals surface area contributed by atoms with Crippen LogP contribution in [0.5, 0.6) is 0 Å². The minimum Gasteiger partial charge on any atom is -0.478 e. The van der Waals surface area contributed by atoms with E-state index in [4.69, 9.17) is 21.8 Å². The third-order valence-electron chi connectivity index (χ3n) is 3.97. The summed E-state index contributed by atoms with van der Waals surface area (Å²) in [6.07, 6.45) is 1.12. The van der Waals surface area contributed by atoms with Gasteiger partial charge in [0.05, 0.1) is 0 Å². The van der Waals surface area contributed by atoms with E-state index in [1.165, 1.54) is 0 Å². The Bertz CT molecular complexity index is 853. The molecule has 1 saturated heterocycles. The number of H-pyrrole nitrogens is 1. The minimum absolute atomic E-state index is 0.0698. The van der Waals surface area contributed by atoms with Crippen molar-refractivity contribution in [2.45, 2.75) is 0 Å². The van der Waals surface area contributed by atoms with Crippen molar-refractivity contribution < 1.29 is 24.6 Å². The van der Waals surface area contributed by atoms with E-state index < -0.39 is 11.9 Å². The van der Waals surface area contributed by atoms with Crippen LogP contribution in [0.3, 0.4) is 0 Å². The van der Waals surface area contributed by atoms with Crippen molar-refractivity contribution in [3.63, 3.8) is 0 Å². The van der Waals surface area contributed by atoms with Crippen LogP contribution < -0.4 is 0 Å². The third kappa shape index (κ3) is 6.12. The van der Waals surface area contributed by atoms with Gasteiger partial charge in [0.2, 0.25) is 0 Å². The normalized spacial score (nSPS) is 14.8. The van der Waals surface area contributed by atoms with Crippen LogP contribution in [-0.4, -0.2) is 76.1 Å². The molecule has 0 unspecified atom stereocenters. The summed E-state index contributed by atoms with van der Waals surface area (Å²) in [5.41, 5.74) is 1.59. The Balaban J connectivity index is 0.000000279. The molecule has 1 fully saturated rings. The van der Waals surface area contributed by atoms with Gasteiger partial charge in [0.1, 0.15) is 5.69 Å². The van der Waals surface area contributed by atoms with Gasteiger partial charge in [-0.2, -0.15) is 0 Å². The number of aromatic nitrogens is 1. The summed E-state index contributed by atoms with van der Waals surface area (Å²) in [7, 11) is 2.08. The van der Waals surface area contributed by atoms with Crippen molar-refractivity contribution in [2.75, 3.05) is 33.2 Å². The van der Waals surface area contributed by atoms with Gasteiger partial charge in [0.25, 0.3) is 5.91 Å². The lowest BCUT2D eigenvalue weighted by atomic mass is 10.2. The van der Waals surface area contributed by atoms with Crippen molar-refractivity contribution >= 4 is 40.3 Å². The average Bonchev–Trinajstić information content (AvgIpc) is 3.03. The number of carboxylic acid groups (broad SMARTS) is 2. The summed E-state index contributed by atoms with van der Waals surface area (Å²) >= 11 is 5.96. The Hall–Kier alpha value is -2.84. The molecule has 0 aliphatic carbocycles. The van der Waals surface area contributed by atoms with Gasteiger partial charge < -0.3 is 25.0 Å². The highest BCUT2D eigenvalue weighted by molar-refractivity contribution is 6.31. The second kappa shape index (κ2) is 9.20. The highest BCUT2D eigenvalue weighted by atomic mass is 35.5. The third-order valence-corrected chi connectivity index (χ3v) is 4.21. The monoisotopic (exact) mass is 393 g/mol. The van der Waals surface area contributed by atoms with Gasteiger partial charge in [-0.25, -0.2) is 9.59 Å². The molecule has 0 saturated carbocycles. The summed E-state index contributed by atoms with van der Waals surface area (Å²) in [6, 6.07) is 7.47. The molecule has 2 aromatic rings. The number of aromatic amines is 1. The molecule has 9 heteroatoms. The van der Waals surface area contributed by atoms with Crippen LogP contribution in [0.1, 0.15) is 10.5 Å². The predicted octanol–water partition coefficient (Wildman–Crippen LogP) is 1.92. The highest BCUT2D eigenvalue weighted by Crippen LogP contribution is 2.21. The molecular formula is C18H20ClN3O5. The van der Waals surface area contributed by atoms with Gasteiger partial charge in [0, 0.05) is 54.3 Å². The number of likely N-dealkylation sites (N-methyl/N-ethyl adjacent to an activating group) is 1. The number of piperazine rings is 1. The lowest BCUT2D eigenvalue weighted by Gasteiger charge is -2.32. The van der Waals surface area contributed by atoms with Gasteiger partial charge in [-0.05, 0) is 31.3 Å². The van der Waals surface area contributed by atoms with E-state index in [0.717, 1.165) is 37.1 Å². The minimum atomic E-state index is -1.26. The summed E-state index contributed by atoms with van der Waals surface area (Å²) in [4.78, 5) is 38.8. The quantitative estimate of drug-likeness (QED) is 0.686. The molecule has 3 N–H and O–H groups in total. The first kappa shape index (κ1) is 20.5. The maximum absolute atomic E-state index is 12.4. The zero-order chi connectivity index (χ0) is 20.0. The van der Waals surface area contributed by atoms with E-state index >= 15 is 0 Å². The Morgan fingerprint density at radius 2 is 1.63 bits per heavy atom. The molecule has 0 atom stereocenters. The topological polar surface area (TPSA) is 114 Å². The molecule has 144 valence electrons. The van der Waals surface area contributed by atoms with Crippen LogP contribution in [0, 0.1) is 0 Å². The zero-order valence-electron chi connectivity index (χ0n) is 14.7. The number of hydrogen-bond acceptors (Lipinski definition) is 4. The number of benzene rings is 1. The fourth-order valence-corrected chi connectivity index (χ4v) is 2.72. The Kier molecular flexibility index (Phi) is 6.98. The summed E-state index contributed by atoms with van der Waals surface area (Å²) < 4.78 is 0. The van der Waals surface area contributed by atoms with Gasteiger partial charge in [-0.3, -0.25) is 4.79 Å². The van der Waals surface area contributed by atoms with Crippen molar-refractivity contribution in [1.82, 2.24) is 14.8 Å². The largest absolute Gasteiger partial charge is 0.478 e. The van der Waals surface area contributed by atoms with Crippen molar-refractivity contribution in [3.05, 3.63) is 47.1 Å². The Morgan fingerprint density at radius 1 is 1.04 bits per heavy atom. The van der Waals surface area contributed by atoms with Gasteiger partial charge in [-0.1, -0.05) is 11.6 Å². The standard InChI is InChI=1S/C14H16ClN3O.C4H4O4/c1-17-4-6-18(7-5-17)14(19)13-9-10-8-11(15)2-3-12(10)16-13;5-3(6)1-2-4(7)8/h2-3,8-9,16H,4-7H2,1H3;1-2H,(H,5,6)(H,7,8). The molecular weight excluding hydrogens is 374 g/mol. The van der Waals surface area contributed by atoms with E-state index in [0.29, 0.717) is 22.9 Å². The van der Waals surface area contributed by atoms with E-state index in [2.05, 4.69) is 16.9 Å². The first-order valence-electron chi connectivity index (χ1n) is 8.16. The fraction of sp³-hybridized carbons (Fsp3) is 0.278. The molecule has 1 aliphatic heterocycles. The molecule has 1 aromatic carbocycles. The predicted molar refractivity (Wildman–Crippen MR) is 101 cm³/mol. The molecule has 1 aliphatic rings. The van der Waals surface area contributed by atoms with Gasteiger partial charge >= 0.3 is 11.9 Å². The van der Waals surface area contributed by atoms with E-state index in [1.54, 1.807) is 0 Å². The molecule has 8 nitrogen and oxygen atoms in total. The van der Waals surface area contributed by atoms with Crippen LogP contribution in [-0.2, 0) is 9.59 Å². The lowest BCUT2D eigenvalue weighted by Crippen LogP contribution is -2.47. The average molecular weight is 394 g/mol. The number of carboxylic acids is 2. The van der Waals surface area contributed by atoms with Crippen LogP contribution in [0.15, 0.2) is 36.4 Å². The fourth-order valence-electron chi connectivity index (χ4n) is 2.54. The molecule has 27 heavy (non-hydrogen) atoms. The van der Waals surface area contributed by atoms with Crippen LogP contribution >= 0.6 is 11.6 Å². The number of halogens is 1. The summed E-state index contributed by atoms with van der Waals surface area (Å²) in [5.74, 6) is -2.44. The van der Waals surface area contributed by atoms with Crippen LogP contribution in [0.2, 0.25) is 5.02 Å². The maximum Gasteiger partial charge on any atom is 0.328 e. The van der Waals surface area contributed by atoms with Gasteiger partial charge in [-0.15, -0.1) is 0 Å². The number of rotatable bonds is 3. The van der Waals surface area contributed by atoms with Gasteiger partial charge in [0.15, 0.2) is 0 Å². The number of fused-ring (bicyclic) bond motifs is 1. The number of carbonyl (C=O) groups is 3. The Morgan fingerprint density at radius 3 is 2.19 bits per heavy atom. The molecule has 3 rings (SSSR count). The second-order valence-corrected chi connectivity index (χ2v) is 6.46. The summed E-state index contributed by atoms with van der Waals surface area (Å²) in [5, 5.41) is 17.3. The molecule has 1 amide bonds. The molecule has 0 spiro atoms.